The number of halogens is 2. The molecule has 0 amide bonds. The molecule has 0 saturated heterocycles. The largest absolute Gasteiger partial charge is 0.331 e. The second-order valence-electron chi connectivity index (χ2n) is 3.06. The molecule has 2 rings (SSSR count). The molecule has 0 aliphatic carbocycles. The predicted molar refractivity (Wildman–Crippen MR) is 69.3 cm³/mol. The second kappa shape index (κ2) is 4.51. The van der Waals surface area contributed by atoms with Crippen LogP contribution in [-0.4, -0.2) is 4.98 Å². The van der Waals surface area contributed by atoms with Gasteiger partial charge in [-0.1, -0.05) is 33.6 Å². The van der Waals surface area contributed by atoms with Crippen molar-refractivity contribution in [2.45, 2.75) is 6.92 Å². The Kier molecular flexibility index (Phi) is 3.29. The molecular formula is C10H8BrClN2S. The van der Waals surface area contributed by atoms with E-state index in [4.69, 9.17) is 11.6 Å². The van der Waals surface area contributed by atoms with E-state index >= 15 is 0 Å². The van der Waals surface area contributed by atoms with E-state index in [1.54, 1.807) is 5.38 Å². The maximum absolute atomic E-state index is 5.75. The lowest BCUT2D eigenvalue weighted by molar-refractivity contribution is 1.36. The van der Waals surface area contributed by atoms with Gasteiger partial charge in [-0.05, 0) is 24.6 Å². The third-order valence-corrected chi connectivity index (χ3v) is 3.49. The maximum Gasteiger partial charge on any atom is 0.188 e. The Balaban J connectivity index is 2.27. The van der Waals surface area contributed by atoms with Gasteiger partial charge in [0.05, 0.1) is 0 Å². The maximum atomic E-state index is 5.75. The highest BCUT2D eigenvalue weighted by atomic mass is 79.9. The lowest BCUT2D eigenvalue weighted by Gasteiger charge is -2.06. The van der Waals surface area contributed by atoms with E-state index in [2.05, 4.69) is 26.2 Å². The minimum atomic E-state index is 0.523. The van der Waals surface area contributed by atoms with Crippen molar-refractivity contribution >= 4 is 49.7 Å². The van der Waals surface area contributed by atoms with Crippen LogP contribution in [0, 0.1) is 6.92 Å². The van der Waals surface area contributed by atoms with Crippen LogP contribution in [0.1, 0.15) is 5.56 Å². The van der Waals surface area contributed by atoms with Crippen LogP contribution in [-0.2, 0) is 0 Å². The molecule has 78 valence electrons. The standard InChI is InChI=1S/C10H8BrClN2S/c1-6-2-3-7(11)4-8(6)13-10-14-9(12)5-15-10/h2-5H,1H3,(H,13,14). The fourth-order valence-electron chi connectivity index (χ4n) is 1.16. The Bertz CT molecular complexity index is 484. The number of anilines is 2. The molecule has 1 aromatic heterocycles. The highest BCUT2D eigenvalue weighted by Gasteiger charge is 2.03. The minimum absolute atomic E-state index is 0.523. The average molecular weight is 304 g/mol. The average Bonchev–Trinajstić information content (AvgIpc) is 2.58. The van der Waals surface area contributed by atoms with E-state index in [-0.39, 0.29) is 0 Å². The van der Waals surface area contributed by atoms with Crippen molar-refractivity contribution in [1.82, 2.24) is 4.98 Å². The van der Waals surface area contributed by atoms with Crippen molar-refractivity contribution in [2.75, 3.05) is 5.32 Å². The molecule has 1 N–H and O–H groups in total. The molecule has 0 radical (unpaired) electrons. The molecule has 1 heterocycles. The third kappa shape index (κ3) is 2.71. The van der Waals surface area contributed by atoms with Crippen LogP contribution in [0.4, 0.5) is 10.8 Å². The molecule has 0 spiro atoms. The van der Waals surface area contributed by atoms with Gasteiger partial charge in [-0.2, -0.15) is 0 Å². The van der Waals surface area contributed by atoms with E-state index in [1.807, 2.05) is 25.1 Å². The first kappa shape index (κ1) is 10.9. The Labute approximate surface area is 105 Å². The smallest absolute Gasteiger partial charge is 0.188 e. The molecule has 2 nitrogen and oxygen atoms in total. The topological polar surface area (TPSA) is 24.9 Å². The van der Waals surface area contributed by atoms with Crippen LogP contribution in [0.5, 0.6) is 0 Å². The zero-order valence-corrected chi connectivity index (χ0v) is 11.1. The molecule has 0 atom stereocenters. The molecule has 0 aliphatic rings. The zero-order valence-electron chi connectivity index (χ0n) is 7.92. The number of aromatic nitrogens is 1. The van der Waals surface area contributed by atoms with Crippen molar-refractivity contribution in [3.63, 3.8) is 0 Å². The Morgan fingerprint density at radius 3 is 2.93 bits per heavy atom. The summed E-state index contributed by atoms with van der Waals surface area (Å²) in [7, 11) is 0. The van der Waals surface area contributed by atoms with Gasteiger partial charge in [0.15, 0.2) is 5.13 Å². The molecular weight excluding hydrogens is 296 g/mol. The van der Waals surface area contributed by atoms with Crippen LogP contribution in [0.3, 0.4) is 0 Å². The first-order chi connectivity index (χ1) is 7.15. The Hall–Kier alpha value is -0.580. The molecule has 0 unspecified atom stereocenters. The molecule has 0 saturated carbocycles. The summed E-state index contributed by atoms with van der Waals surface area (Å²) in [5.41, 5.74) is 2.21. The van der Waals surface area contributed by atoms with Gasteiger partial charge >= 0.3 is 0 Å². The van der Waals surface area contributed by atoms with Gasteiger partial charge in [0, 0.05) is 15.5 Å². The van der Waals surface area contributed by atoms with Gasteiger partial charge in [0.2, 0.25) is 0 Å². The van der Waals surface area contributed by atoms with Crippen LogP contribution >= 0.6 is 38.9 Å². The van der Waals surface area contributed by atoms with Crippen molar-refractivity contribution in [3.8, 4) is 0 Å². The van der Waals surface area contributed by atoms with Gasteiger partial charge in [-0.3, -0.25) is 0 Å². The summed E-state index contributed by atoms with van der Waals surface area (Å²) >= 11 is 10.7. The quantitative estimate of drug-likeness (QED) is 0.876. The predicted octanol–water partition coefficient (Wildman–Crippen LogP) is 4.61. The normalized spacial score (nSPS) is 10.3. The number of hydrogen-bond acceptors (Lipinski definition) is 3. The fourth-order valence-corrected chi connectivity index (χ4v) is 2.37. The van der Waals surface area contributed by atoms with Gasteiger partial charge in [-0.25, -0.2) is 4.98 Å². The molecule has 0 fully saturated rings. The number of aryl methyl sites for hydroxylation is 1. The van der Waals surface area contributed by atoms with E-state index in [1.165, 1.54) is 16.9 Å². The molecule has 15 heavy (non-hydrogen) atoms. The Morgan fingerprint density at radius 1 is 1.47 bits per heavy atom. The fraction of sp³-hybridized carbons (Fsp3) is 0.100. The van der Waals surface area contributed by atoms with E-state index in [9.17, 15) is 0 Å². The van der Waals surface area contributed by atoms with Crippen molar-refractivity contribution in [1.29, 1.82) is 0 Å². The van der Waals surface area contributed by atoms with Gasteiger partial charge in [-0.15, -0.1) is 11.3 Å². The monoisotopic (exact) mass is 302 g/mol. The third-order valence-electron chi connectivity index (χ3n) is 1.92. The Morgan fingerprint density at radius 2 is 2.27 bits per heavy atom. The van der Waals surface area contributed by atoms with Gasteiger partial charge in [0.1, 0.15) is 5.15 Å². The number of hydrogen-bond donors (Lipinski definition) is 1. The van der Waals surface area contributed by atoms with Crippen LogP contribution in [0.2, 0.25) is 5.15 Å². The lowest BCUT2D eigenvalue weighted by atomic mass is 10.2. The number of benzene rings is 1. The number of rotatable bonds is 2. The SMILES string of the molecule is Cc1ccc(Br)cc1Nc1nc(Cl)cs1. The van der Waals surface area contributed by atoms with E-state index in [0.29, 0.717) is 5.15 Å². The molecule has 0 aliphatic heterocycles. The highest BCUT2D eigenvalue weighted by molar-refractivity contribution is 9.10. The molecule has 1 aromatic carbocycles. The van der Waals surface area contributed by atoms with Gasteiger partial charge in [0.25, 0.3) is 0 Å². The molecule has 5 heteroatoms. The first-order valence-corrected chi connectivity index (χ1v) is 6.34. The summed E-state index contributed by atoms with van der Waals surface area (Å²) in [4.78, 5) is 4.13. The summed E-state index contributed by atoms with van der Waals surface area (Å²) < 4.78 is 1.04. The number of nitrogens with zero attached hydrogens (tertiary/aromatic N) is 1. The summed E-state index contributed by atoms with van der Waals surface area (Å²) in [6, 6.07) is 6.07. The van der Waals surface area contributed by atoms with Crippen LogP contribution in [0.25, 0.3) is 0 Å². The van der Waals surface area contributed by atoms with Crippen molar-refractivity contribution in [2.24, 2.45) is 0 Å². The second-order valence-corrected chi connectivity index (χ2v) is 5.22. The van der Waals surface area contributed by atoms with E-state index < -0.39 is 0 Å². The van der Waals surface area contributed by atoms with Crippen molar-refractivity contribution < 1.29 is 0 Å². The number of thiazole rings is 1. The molecule has 0 bridgehead atoms. The molecule has 2 aromatic rings. The number of nitrogens with one attached hydrogen (secondary N) is 1. The zero-order chi connectivity index (χ0) is 10.8. The van der Waals surface area contributed by atoms with E-state index in [0.717, 1.165) is 15.3 Å². The summed E-state index contributed by atoms with van der Waals surface area (Å²) in [6.07, 6.45) is 0. The van der Waals surface area contributed by atoms with Gasteiger partial charge < -0.3 is 5.32 Å². The summed E-state index contributed by atoms with van der Waals surface area (Å²) in [5, 5.41) is 6.36. The summed E-state index contributed by atoms with van der Waals surface area (Å²) in [6.45, 7) is 2.05. The van der Waals surface area contributed by atoms with Crippen molar-refractivity contribution in [3.05, 3.63) is 38.8 Å². The summed E-state index contributed by atoms with van der Waals surface area (Å²) in [5.74, 6) is 0. The first-order valence-electron chi connectivity index (χ1n) is 4.29. The van der Waals surface area contributed by atoms with Crippen LogP contribution < -0.4 is 5.32 Å². The lowest BCUT2D eigenvalue weighted by Crippen LogP contribution is -1.92. The van der Waals surface area contributed by atoms with Crippen LogP contribution in [0.15, 0.2) is 28.1 Å². The highest BCUT2D eigenvalue weighted by Crippen LogP contribution is 2.27. The minimum Gasteiger partial charge on any atom is -0.331 e.